The molecule has 0 saturated carbocycles. The lowest BCUT2D eigenvalue weighted by atomic mass is 10.3. The summed E-state index contributed by atoms with van der Waals surface area (Å²) >= 11 is 1.14. The molecule has 0 aliphatic rings. The smallest absolute Gasteiger partial charge is 0.282 e. The van der Waals surface area contributed by atoms with Gasteiger partial charge in [0, 0.05) is 6.54 Å². The summed E-state index contributed by atoms with van der Waals surface area (Å²) < 4.78 is 0. The minimum absolute atomic E-state index is 0.205. The summed E-state index contributed by atoms with van der Waals surface area (Å²) in [7, 11) is 0. The molecule has 2 amide bonds. The molecule has 7 nitrogen and oxygen atoms in total. The van der Waals surface area contributed by atoms with Crippen molar-refractivity contribution in [1.29, 1.82) is 0 Å². The lowest BCUT2D eigenvalue weighted by Crippen LogP contribution is -2.42. The highest BCUT2D eigenvalue weighted by atomic mass is 32.1. The zero-order valence-corrected chi connectivity index (χ0v) is 10.5. The number of carbonyl (C=O) groups is 2. The Morgan fingerprint density at radius 1 is 1.47 bits per heavy atom. The number of amides is 2. The summed E-state index contributed by atoms with van der Waals surface area (Å²) in [6.07, 6.45) is 0.958. The largest absolute Gasteiger partial charge is 0.368 e. The van der Waals surface area contributed by atoms with Crippen LogP contribution in [0.4, 0.5) is 5.13 Å². The molecule has 0 spiro atoms. The van der Waals surface area contributed by atoms with Gasteiger partial charge in [-0.1, -0.05) is 18.3 Å². The van der Waals surface area contributed by atoms with Gasteiger partial charge in [0.15, 0.2) is 0 Å². The summed E-state index contributed by atoms with van der Waals surface area (Å²) in [5.41, 5.74) is 5.03. The van der Waals surface area contributed by atoms with Crippen molar-refractivity contribution in [2.45, 2.75) is 26.3 Å². The molecule has 1 atom stereocenters. The molecule has 1 aromatic heterocycles. The van der Waals surface area contributed by atoms with E-state index < -0.39 is 17.9 Å². The molecule has 1 rings (SSSR count). The highest BCUT2D eigenvalue weighted by Crippen LogP contribution is 2.14. The van der Waals surface area contributed by atoms with Crippen LogP contribution in [0.25, 0.3) is 0 Å². The van der Waals surface area contributed by atoms with Crippen LogP contribution in [-0.4, -0.2) is 34.6 Å². The number of anilines is 1. The maximum absolute atomic E-state index is 11.6. The summed E-state index contributed by atoms with van der Waals surface area (Å²) in [5.74, 6) is -1.04. The van der Waals surface area contributed by atoms with E-state index in [0.29, 0.717) is 5.13 Å². The quantitative estimate of drug-likeness (QED) is 0.662. The number of hydrogen-bond acceptors (Lipinski definition) is 6. The van der Waals surface area contributed by atoms with Gasteiger partial charge in [-0.25, -0.2) is 0 Å². The molecule has 0 bridgehead atoms. The van der Waals surface area contributed by atoms with Crippen molar-refractivity contribution in [3.05, 3.63) is 5.01 Å². The maximum Gasteiger partial charge on any atom is 0.282 e. The lowest BCUT2D eigenvalue weighted by Gasteiger charge is -2.07. The second-order valence-electron chi connectivity index (χ2n) is 3.44. The molecule has 4 N–H and O–H groups in total. The van der Waals surface area contributed by atoms with Crippen LogP contribution in [0.1, 0.15) is 30.1 Å². The van der Waals surface area contributed by atoms with Crippen molar-refractivity contribution in [3.63, 3.8) is 0 Å². The van der Waals surface area contributed by atoms with Gasteiger partial charge in [-0.3, -0.25) is 9.59 Å². The van der Waals surface area contributed by atoms with Gasteiger partial charge in [-0.05, 0) is 13.3 Å². The molecule has 1 aromatic rings. The Morgan fingerprint density at radius 3 is 2.76 bits per heavy atom. The monoisotopic (exact) mass is 257 g/mol. The molecule has 0 aromatic carbocycles. The molecule has 0 radical (unpaired) electrons. The van der Waals surface area contributed by atoms with Crippen LogP contribution in [0.15, 0.2) is 0 Å². The van der Waals surface area contributed by atoms with Gasteiger partial charge < -0.3 is 16.4 Å². The standard InChI is InChI=1S/C9H15N5O2S/c1-3-4-11-9-14-13-8(17-9)7(16)12-5(2)6(10)15/h5H,3-4H2,1-2H3,(H2,10,15)(H,11,14)(H,12,16). The second-order valence-corrected chi connectivity index (χ2v) is 4.41. The van der Waals surface area contributed by atoms with Crippen molar-refractivity contribution in [2.24, 2.45) is 5.73 Å². The Kier molecular flexibility index (Phi) is 4.83. The van der Waals surface area contributed by atoms with E-state index in [1.54, 1.807) is 0 Å². The van der Waals surface area contributed by atoms with Gasteiger partial charge in [0.05, 0.1) is 0 Å². The Hall–Kier alpha value is -1.70. The molecule has 94 valence electrons. The average molecular weight is 257 g/mol. The van der Waals surface area contributed by atoms with Crippen LogP contribution in [0.3, 0.4) is 0 Å². The Balaban J connectivity index is 2.57. The van der Waals surface area contributed by atoms with E-state index in [4.69, 9.17) is 5.73 Å². The summed E-state index contributed by atoms with van der Waals surface area (Å²) in [5, 5.41) is 13.8. The molecule has 0 fully saturated rings. The predicted molar refractivity (Wildman–Crippen MR) is 64.8 cm³/mol. The molecule has 0 aliphatic heterocycles. The minimum Gasteiger partial charge on any atom is -0.368 e. The van der Waals surface area contributed by atoms with Crippen molar-refractivity contribution < 1.29 is 9.59 Å². The zero-order valence-electron chi connectivity index (χ0n) is 9.69. The number of nitrogens with two attached hydrogens (primary N) is 1. The molecule has 17 heavy (non-hydrogen) atoms. The first-order valence-electron chi connectivity index (χ1n) is 5.22. The molecular weight excluding hydrogens is 242 g/mol. The Labute approximate surface area is 103 Å². The van der Waals surface area contributed by atoms with Gasteiger partial charge >= 0.3 is 0 Å². The highest BCUT2D eigenvalue weighted by Gasteiger charge is 2.17. The molecular formula is C9H15N5O2S. The van der Waals surface area contributed by atoms with Crippen molar-refractivity contribution in [1.82, 2.24) is 15.5 Å². The first-order valence-corrected chi connectivity index (χ1v) is 6.03. The van der Waals surface area contributed by atoms with Crippen molar-refractivity contribution in [3.8, 4) is 0 Å². The summed E-state index contributed by atoms with van der Waals surface area (Å²) in [4.78, 5) is 22.4. The SMILES string of the molecule is CCCNc1nnc(C(=O)NC(C)C(N)=O)s1. The van der Waals surface area contributed by atoms with Crippen LogP contribution in [0, 0.1) is 0 Å². The number of rotatable bonds is 6. The summed E-state index contributed by atoms with van der Waals surface area (Å²) in [6, 6.07) is -0.724. The van der Waals surface area contributed by atoms with Crippen LogP contribution in [-0.2, 0) is 4.79 Å². The molecule has 0 saturated heterocycles. The molecule has 0 aliphatic carbocycles. The van der Waals surface area contributed by atoms with Gasteiger partial charge in [-0.2, -0.15) is 0 Å². The molecule has 8 heteroatoms. The van der Waals surface area contributed by atoms with E-state index in [1.807, 2.05) is 6.92 Å². The average Bonchev–Trinajstić information content (AvgIpc) is 2.74. The first-order chi connectivity index (χ1) is 8.04. The third kappa shape index (κ3) is 3.99. The van der Waals surface area contributed by atoms with E-state index in [-0.39, 0.29) is 5.01 Å². The fourth-order valence-electron chi connectivity index (χ4n) is 0.948. The van der Waals surface area contributed by atoms with Gasteiger partial charge in [0.1, 0.15) is 6.04 Å². The molecule has 1 heterocycles. The number of hydrogen-bond donors (Lipinski definition) is 3. The Morgan fingerprint density at radius 2 is 2.18 bits per heavy atom. The van der Waals surface area contributed by atoms with E-state index in [1.165, 1.54) is 6.92 Å². The lowest BCUT2D eigenvalue weighted by molar-refractivity contribution is -0.119. The van der Waals surface area contributed by atoms with Crippen LogP contribution in [0.5, 0.6) is 0 Å². The number of nitrogens with zero attached hydrogens (tertiary/aromatic N) is 2. The van der Waals surface area contributed by atoms with Gasteiger partial charge in [0.25, 0.3) is 5.91 Å². The number of aromatic nitrogens is 2. The van der Waals surface area contributed by atoms with Crippen molar-refractivity contribution >= 4 is 28.3 Å². The predicted octanol–water partition coefficient (Wildman–Crippen LogP) is -0.0364. The zero-order chi connectivity index (χ0) is 12.8. The third-order valence-electron chi connectivity index (χ3n) is 1.92. The van der Waals surface area contributed by atoms with Gasteiger partial charge in [-0.15, -0.1) is 10.2 Å². The number of carbonyl (C=O) groups excluding carboxylic acids is 2. The third-order valence-corrected chi connectivity index (χ3v) is 2.80. The van der Waals surface area contributed by atoms with Crippen LogP contribution < -0.4 is 16.4 Å². The van der Waals surface area contributed by atoms with Gasteiger partial charge in [0.2, 0.25) is 16.0 Å². The van der Waals surface area contributed by atoms with Crippen LogP contribution >= 0.6 is 11.3 Å². The molecule has 1 unspecified atom stereocenters. The van der Waals surface area contributed by atoms with Crippen LogP contribution in [0.2, 0.25) is 0 Å². The first kappa shape index (κ1) is 13.4. The second kappa shape index (κ2) is 6.14. The number of primary amides is 1. The van der Waals surface area contributed by atoms with E-state index >= 15 is 0 Å². The number of nitrogens with one attached hydrogen (secondary N) is 2. The van der Waals surface area contributed by atoms with E-state index in [2.05, 4.69) is 20.8 Å². The normalized spacial score (nSPS) is 11.9. The van der Waals surface area contributed by atoms with Crippen molar-refractivity contribution in [2.75, 3.05) is 11.9 Å². The minimum atomic E-state index is -0.724. The highest BCUT2D eigenvalue weighted by molar-refractivity contribution is 7.17. The maximum atomic E-state index is 11.6. The fraction of sp³-hybridized carbons (Fsp3) is 0.556. The van der Waals surface area contributed by atoms with E-state index in [9.17, 15) is 9.59 Å². The van der Waals surface area contributed by atoms with E-state index in [0.717, 1.165) is 24.3 Å². The topological polar surface area (TPSA) is 110 Å². The summed E-state index contributed by atoms with van der Waals surface area (Å²) in [6.45, 7) is 4.31. The fourth-order valence-corrected chi connectivity index (χ4v) is 1.62. The Bertz CT molecular complexity index is 406.